The normalized spacial score (nSPS) is 10.1. The van der Waals surface area contributed by atoms with Crippen molar-refractivity contribution in [3.05, 3.63) is 42.2 Å². The summed E-state index contributed by atoms with van der Waals surface area (Å²) < 4.78 is 5.80. The minimum absolute atomic E-state index is 0.620. The zero-order chi connectivity index (χ0) is 12.8. The predicted octanol–water partition coefficient (Wildman–Crippen LogP) is 3.26. The standard InChI is InChI=1S/C14H17N3O/c1-3-12-13(15-4-2)16-10-17-14(12)18-11-8-6-5-7-9-11/h5-10H,3-4H2,1-2H3,(H,15,16,17). The molecule has 0 aliphatic carbocycles. The van der Waals surface area contributed by atoms with Crippen LogP contribution in [0, 0.1) is 0 Å². The Morgan fingerprint density at radius 1 is 1.11 bits per heavy atom. The van der Waals surface area contributed by atoms with Gasteiger partial charge in [-0.25, -0.2) is 9.97 Å². The monoisotopic (exact) mass is 243 g/mol. The highest BCUT2D eigenvalue weighted by Crippen LogP contribution is 2.26. The van der Waals surface area contributed by atoms with Crippen LogP contribution in [0.15, 0.2) is 36.7 Å². The summed E-state index contributed by atoms with van der Waals surface area (Å²) in [5.74, 6) is 2.25. The summed E-state index contributed by atoms with van der Waals surface area (Å²) in [6, 6.07) is 9.65. The Balaban J connectivity index is 2.30. The number of hydrogen-bond acceptors (Lipinski definition) is 4. The molecule has 2 aromatic rings. The van der Waals surface area contributed by atoms with Gasteiger partial charge in [-0.3, -0.25) is 0 Å². The Bertz CT molecular complexity index is 500. The number of rotatable bonds is 5. The highest BCUT2D eigenvalue weighted by molar-refractivity contribution is 5.49. The van der Waals surface area contributed by atoms with Gasteiger partial charge in [0.15, 0.2) is 0 Å². The third-order valence-corrected chi connectivity index (χ3v) is 2.56. The molecule has 1 N–H and O–H groups in total. The van der Waals surface area contributed by atoms with Crippen LogP contribution in [0.5, 0.6) is 11.6 Å². The summed E-state index contributed by atoms with van der Waals surface area (Å²) in [6.07, 6.45) is 2.35. The largest absolute Gasteiger partial charge is 0.439 e. The number of benzene rings is 1. The zero-order valence-electron chi connectivity index (χ0n) is 10.7. The van der Waals surface area contributed by atoms with Crippen LogP contribution in [0.1, 0.15) is 19.4 Å². The molecule has 0 saturated heterocycles. The van der Waals surface area contributed by atoms with Crippen molar-refractivity contribution in [2.45, 2.75) is 20.3 Å². The van der Waals surface area contributed by atoms with Gasteiger partial charge in [-0.05, 0) is 25.5 Å². The quantitative estimate of drug-likeness (QED) is 0.875. The molecule has 0 atom stereocenters. The Morgan fingerprint density at radius 3 is 2.56 bits per heavy atom. The first-order valence-electron chi connectivity index (χ1n) is 6.15. The Morgan fingerprint density at radius 2 is 1.89 bits per heavy atom. The van der Waals surface area contributed by atoms with Crippen molar-refractivity contribution in [3.63, 3.8) is 0 Å². The van der Waals surface area contributed by atoms with Crippen molar-refractivity contribution >= 4 is 5.82 Å². The van der Waals surface area contributed by atoms with E-state index < -0.39 is 0 Å². The predicted molar refractivity (Wildman–Crippen MR) is 72.1 cm³/mol. The Kier molecular flexibility index (Phi) is 4.12. The maximum atomic E-state index is 5.80. The first-order chi connectivity index (χ1) is 8.85. The fourth-order valence-corrected chi connectivity index (χ4v) is 1.72. The molecule has 0 saturated carbocycles. The van der Waals surface area contributed by atoms with Gasteiger partial charge in [0.1, 0.15) is 17.9 Å². The van der Waals surface area contributed by atoms with E-state index in [2.05, 4.69) is 22.2 Å². The van der Waals surface area contributed by atoms with Crippen molar-refractivity contribution in [2.24, 2.45) is 0 Å². The summed E-state index contributed by atoms with van der Waals surface area (Å²) in [6.45, 7) is 4.94. The van der Waals surface area contributed by atoms with Crippen LogP contribution >= 0.6 is 0 Å². The summed E-state index contributed by atoms with van der Waals surface area (Å²) in [4.78, 5) is 8.45. The smallest absolute Gasteiger partial charge is 0.227 e. The number of aromatic nitrogens is 2. The molecule has 1 aromatic heterocycles. The maximum absolute atomic E-state index is 5.80. The number of ether oxygens (including phenoxy) is 1. The molecule has 0 aliphatic rings. The molecule has 1 aromatic carbocycles. The average molecular weight is 243 g/mol. The molecule has 2 rings (SSSR count). The third-order valence-electron chi connectivity index (χ3n) is 2.56. The number of nitrogens with zero attached hydrogens (tertiary/aromatic N) is 2. The summed E-state index contributed by atoms with van der Waals surface area (Å²) >= 11 is 0. The summed E-state index contributed by atoms with van der Waals surface area (Å²) in [7, 11) is 0. The lowest BCUT2D eigenvalue weighted by Crippen LogP contribution is -2.05. The highest BCUT2D eigenvalue weighted by atomic mass is 16.5. The van der Waals surface area contributed by atoms with Crippen LogP contribution < -0.4 is 10.1 Å². The van der Waals surface area contributed by atoms with Gasteiger partial charge in [-0.2, -0.15) is 0 Å². The van der Waals surface area contributed by atoms with Crippen LogP contribution in [-0.2, 0) is 6.42 Å². The number of para-hydroxylation sites is 1. The molecular weight excluding hydrogens is 226 g/mol. The van der Waals surface area contributed by atoms with Gasteiger partial charge in [0, 0.05) is 6.54 Å². The van der Waals surface area contributed by atoms with Gasteiger partial charge in [0.25, 0.3) is 0 Å². The van der Waals surface area contributed by atoms with Crippen LogP contribution in [0.2, 0.25) is 0 Å². The van der Waals surface area contributed by atoms with Crippen LogP contribution in [0.25, 0.3) is 0 Å². The summed E-state index contributed by atoms with van der Waals surface area (Å²) in [5, 5.41) is 3.22. The number of anilines is 1. The second kappa shape index (κ2) is 6.00. The lowest BCUT2D eigenvalue weighted by atomic mass is 10.2. The SMILES string of the molecule is CCNc1ncnc(Oc2ccccc2)c1CC. The molecule has 0 fully saturated rings. The first-order valence-corrected chi connectivity index (χ1v) is 6.15. The molecule has 0 bridgehead atoms. The van der Waals surface area contributed by atoms with E-state index >= 15 is 0 Å². The van der Waals surface area contributed by atoms with E-state index in [1.165, 1.54) is 6.33 Å². The minimum Gasteiger partial charge on any atom is -0.439 e. The second-order valence-corrected chi connectivity index (χ2v) is 3.80. The van der Waals surface area contributed by atoms with Crippen LogP contribution in [0.4, 0.5) is 5.82 Å². The lowest BCUT2D eigenvalue weighted by molar-refractivity contribution is 0.455. The molecule has 0 unspecified atom stereocenters. The molecule has 94 valence electrons. The van der Waals surface area contributed by atoms with E-state index in [0.29, 0.717) is 5.88 Å². The molecule has 4 heteroatoms. The highest BCUT2D eigenvalue weighted by Gasteiger charge is 2.10. The molecule has 0 amide bonds. The Labute approximate surface area is 107 Å². The van der Waals surface area contributed by atoms with Gasteiger partial charge in [0.05, 0.1) is 5.56 Å². The van der Waals surface area contributed by atoms with E-state index in [4.69, 9.17) is 4.74 Å². The van der Waals surface area contributed by atoms with E-state index in [0.717, 1.165) is 30.1 Å². The number of hydrogen-bond donors (Lipinski definition) is 1. The zero-order valence-corrected chi connectivity index (χ0v) is 10.7. The van der Waals surface area contributed by atoms with Crippen molar-refractivity contribution in [1.29, 1.82) is 0 Å². The van der Waals surface area contributed by atoms with Gasteiger partial charge in [-0.15, -0.1) is 0 Å². The average Bonchev–Trinajstić information content (AvgIpc) is 2.41. The maximum Gasteiger partial charge on any atom is 0.227 e. The molecule has 0 spiro atoms. The number of nitrogens with one attached hydrogen (secondary N) is 1. The van der Waals surface area contributed by atoms with E-state index in [9.17, 15) is 0 Å². The van der Waals surface area contributed by atoms with Gasteiger partial charge in [0.2, 0.25) is 5.88 Å². The van der Waals surface area contributed by atoms with Gasteiger partial charge >= 0.3 is 0 Å². The third kappa shape index (κ3) is 2.77. The molecule has 0 radical (unpaired) electrons. The van der Waals surface area contributed by atoms with E-state index in [1.807, 2.05) is 37.3 Å². The fraction of sp³-hybridized carbons (Fsp3) is 0.286. The van der Waals surface area contributed by atoms with Crippen molar-refractivity contribution < 1.29 is 4.74 Å². The first kappa shape index (κ1) is 12.4. The molecular formula is C14H17N3O. The summed E-state index contributed by atoms with van der Waals surface area (Å²) in [5.41, 5.74) is 1.00. The fourth-order valence-electron chi connectivity index (χ4n) is 1.72. The lowest BCUT2D eigenvalue weighted by Gasteiger charge is -2.12. The molecule has 4 nitrogen and oxygen atoms in total. The van der Waals surface area contributed by atoms with Gasteiger partial charge in [-0.1, -0.05) is 25.1 Å². The van der Waals surface area contributed by atoms with E-state index in [-0.39, 0.29) is 0 Å². The Hall–Kier alpha value is -2.10. The molecule has 18 heavy (non-hydrogen) atoms. The topological polar surface area (TPSA) is 47.0 Å². The minimum atomic E-state index is 0.620. The van der Waals surface area contributed by atoms with E-state index in [1.54, 1.807) is 0 Å². The molecule has 0 aliphatic heterocycles. The van der Waals surface area contributed by atoms with Crippen molar-refractivity contribution in [1.82, 2.24) is 9.97 Å². The second-order valence-electron chi connectivity index (χ2n) is 3.80. The van der Waals surface area contributed by atoms with Gasteiger partial charge < -0.3 is 10.1 Å². The van der Waals surface area contributed by atoms with Crippen LogP contribution in [0.3, 0.4) is 0 Å². The van der Waals surface area contributed by atoms with Crippen LogP contribution in [-0.4, -0.2) is 16.5 Å². The molecule has 1 heterocycles. The van der Waals surface area contributed by atoms with Crippen molar-refractivity contribution in [2.75, 3.05) is 11.9 Å². The van der Waals surface area contributed by atoms with Crippen molar-refractivity contribution in [3.8, 4) is 11.6 Å².